The molecule has 0 spiro atoms. The Morgan fingerprint density at radius 1 is 1.14 bits per heavy atom. The van der Waals surface area contributed by atoms with Crippen molar-refractivity contribution in [2.45, 2.75) is 13.5 Å². The lowest BCUT2D eigenvalue weighted by molar-refractivity contribution is -0.139. The summed E-state index contributed by atoms with van der Waals surface area (Å²) in [5.74, 6) is 1.73. The number of esters is 1. The zero-order valence-corrected chi connectivity index (χ0v) is 15.8. The molecule has 0 fully saturated rings. The van der Waals surface area contributed by atoms with Crippen LogP contribution in [0.5, 0.6) is 11.5 Å². The van der Waals surface area contributed by atoms with Crippen LogP contribution in [0.2, 0.25) is 0 Å². The van der Waals surface area contributed by atoms with E-state index in [0.717, 1.165) is 11.1 Å². The summed E-state index contributed by atoms with van der Waals surface area (Å²) in [5, 5.41) is 0. The third kappa shape index (κ3) is 5.01. The Morgan fingerprint density at radius 2 is 1.96 bits per heavy atom. The smallest absolute Gasteiger partial charge is 0.331 e. The first kappa shape index (κ1) is 19.2. The molecule has 3 aromatic rings. The van der Waals surface area contributed by atoms with Crippen molar-refractivity contribution in [2.75, 3.05) is 13.7 Å². The maximum atomic E-state index is 12.0. The molecule has 1 heterocycles. The van der Waals surface area contributed by atoms with Gasteiger partial charge in [0.2, 0.25) is 5.89 Å². The van der Waals surface area contributed by atoms with E-state index in [1.165, 1.54) is 6.08 Å². The lowest BCUT2D eigenvalue weighted by atomic mass is 10.2. The van der Waals surface area contributed by atoms with Crippen molar-refractivity contribution < 1.29 is 23.4 Å². The molecular formula is C22H21NO5. The van der Waals surface area contributed by atoms with Crippen LogP contribution in [0.15, 0.2) is 65.2 Å². The summed E-state index contributed by atoms with van der Waals surface area (Å²) in [6.45, 7) is 2.38. The maximum absolute atomic E-state index is 12.0. The molecule has 2 aromatic carbocycles. The van der Waals surface area contributed by atoms with Crippen LogP contribution in [0.1, 0.15) is 18.4 Å². The monoisotopic (exact) mass is 379 g/mol. The predicted molar refractivity (Wildman–Crippen MR) is 105 cm³/mol. The van der Waals surface area contributed by atoms with E-state index in [9.17, 15) is 4.79 Å². The average Bonchev–Trinajstić information content (AvgIpc) is 3.21. The third-order valence-electron chi connectivity index (χ3n) is 3.85. The molecule has 0 N–H and O–H groups in total. The van der Waals surface area contributed by atoms with Gasteiger partial charge < -0.3 is 18.6 Å². The molecule has 144 valence electrons. The fraction of sp³-hybridized carbons (Fsp3) is 0.182. The summed E-state index contributed by atoms with van der Waals surface area (Å²) in [6.07, 6.45) is 4.61. The van der Waals surface area contributed by atoms with E-state index >= 15 is 0 Å². The normalized spacial score (nSPS) is 10.8. The largest absolute Gasteiger partial charge is 0.493 e. The number of carbonyl (C=O) groups excluding carboxylic acids is 1. The molecule has 0 saturated heterocycles. The van der Waals surface area contributed by atoms with Gasteiger partial charge in [0, 0.05) is 11.6 Å². The first-order chi connectivity index (χ1) is 13.7. The number of methoxy groups -OCH3 is 1. The van der Waals surface area contributed by atoms with Crippen molar-refractivity contribution in [2.24, 2.45) is 0 Å². The first-order valence-electron chi connectivity index (χ1n) is 8.85. The second-order valence-corrected chi connectivity index (χ2v) is 5.77. The molecule has 0 aliphatic rings. The van der Waals surface area contributed by atoms with Gasteiger partial charge in [-0.15, -0.1) is 0 Å². The molecule has 28 heavy (non-hydrogen) atoms. The van der Waals surface area contributed by atoms with Crippen LogP contribution < -0.4 is 9.47 Å². The zero-order valence-electron chi connectivity index (χ0n) is 15.8. The van der Waals surface area contributed by atoms with Gasteiger partial charge in [-0.25, -0.2) is 9.78 Å². The molecule has 3 rings (SSSR count). The van der Waals surface area contributed by atoms with E-state index in [4.69, 9.17) is 18.6 Å². The van der Waals surface area contributed by atoms with Crippen LogP contribution in [-0.2, 0) is 16.1 Å². The SMILES string of the molecule is CCOc1cc(/C=C/C(=O)OCc2ncc(-c3ccccc3)o2)ccc1OC. The summed E-state index contributed by atoms with van der Waals surface area (Å²) in [6, 6.07) is 15.0. The van der Waals surface area contributed by atoms with E-state index in [0.29, 0.717) is 29.8 Å². The van der Waals surface area contributed by atoms with Gasteiger partial charge in [0.1, 0.15) is 0 Å². The van der Waals surface area contributed by atoms with Gasteiger partial charge in [0.15, 0.2) is 23.9 Å². The van der Waals surface area contributed by atoms with Gasteiger partial charge in [-0.2, -0.15) is 0 Å². The second kappa shape index (κ2) is 9.41. The summed E-state index contributed by atoms with van der Waals surface area (Å²) >= 11 is 0. The standard InChI is InChI=1S/C22H21NO5/c1-3-26-19-13-16(9-11-18(19)25-2)10-12-22(24)27-15-21-23-14-20(28-21)17-7-5-4-6-8-17/h4-14H,3,15H2,1-2H3/b12-10+. The Bertz CT molecular complexity index is 947. The fourth-order valence-electron chi connectivity index (χ4n) is 2.52. The minimum absolute atomic E-state index is 0.0389. The molecule has 0 unspecified atom stereocenters. The molecule has 0 aliphatic carbocycles. The molecule has 0 atom stereocenters. The zero-order chi connectivity index (χ0) is 19.8. The van der Waals surface area contributed by atoms with Gasteiger partial charge in [-0.1, -0.05) is 36.4 Å². The number of rotatable bonds is 8. The highest BCUT2D eigenvalue weighted by Crippen LogP contribution is 2.28. The topological polar surface area (TPSA) is 70.8 Å². The van der Waals surface area contributed by atoms with E-state index in [2.05, 4.69) is 4.98 Å². The van der Waals surface area contributed by atoms with Crippen molar-refractivity contribution in [3.63, 3.8) is 0 Å². The van der Waals surface area contributed by atoms with E-state index in [1.54, 1.807) is 31.5 Å². The lowest BCUT2D eigenvalue weighted by Gasteiger charge is -2.09. The van der Waals surface area contributed by atoms with Crippen LogP contribution >= 0.6 is 0 Å². The third-order valence-corrected chi connectivity index (χ3v) is 3.85. The Labute approximate surface area is 163 Å². The minimum Gasteiger partial charge on any atom is -0.493 e. The molecule has 0 radical (unpaired) electrons. The number of ether oxygens (including phenoxy) is 3. The van der Waals surface area contributed by atoms with Gasteiger partial charge in [0.25, 0.3) is 0 Å². The van der Waals surface area contributed by atoms with Crippen molar-refractivity contribution in [3.05, 3.63) is 72.3 Å². The summed E-state index contributed by atoms with van der Waals surface area (Å²) < 4.78 is 21.6. The highest BCUT2D eigenvalue weighted by molar-refractivity contribution is 5.87. The molecule has 0 saturated carbocycles. The minimum atomic E-state index is -0.492. The number of carbonyl (C=O) groups is 1. The maximum Gasteiger partial charge on any atom is 0.331 e. The average molecular weight is 379 g/mol. The van der Waals surface area contributed by atoms with E-state index < -0.39 is 5.97 Å². The van der Waals surface area contributed by atoms with Crippen LogP contribution in [0.3, 0.4) is 0 Å². The van der Waals surface area contributed by atoms with Gasteiger partial charge >= 0.3 is 5.97 Å². The molecule has 6 nitrogen and oxygen atoms in total. The lowest BCUT2D eigenvalue weighted by Crippen LogP contribution is -2.01. The van der Waals surface area contributed by atoms with Crippen molar-refractivity contribution in [3.8, 4) is 22.8 Å². The Kier molecular flexibility index (Phi) is 6.46. The number of hydrogen-bond donors (Lipinski definition) is 0. The molecule has 0 aliphatic heterocycles. The van der Waals surface area contributed by atoms with Crippen molar-refractivity contribution >= 4 is 12.0 Å². The summed E-state index contributed by atoms with van der Waals surface area (Å²) in [5.41, 5.74) is 1.71. The van der Waals surface area contributed by atoms with Crippen LogP contribution in [0.4, 0.5) is 0 Å². The fourth-order valence-corrected chi connectivity index (χ4v) is 2.52. The Morgan fingerprint density at radius 3 is 2.71 bits per heavy atom. The Balaban J connectivity index is 1.57. The highest BCUT2D eigenvalue weighted by atomic mass is 16.5. The molecule has 6 heteroatoms. The van der Waals surface area contributed by atoms with Gasteiger partial charge in [0.05, 0.1) is 19.9 Å². The Hall–Kier alpha value is -3.54. The number of benzene rings is 2. The second-order valence-electron chi connectivity index (χ2n) is 5.77. The van der Waals surface area contributed by atoms with Crippen molar-refractivity contribution in [1.82, 2.24) is 4.98 Å². The highest BCUT2D eigenvalue weighted by Gasteiger charge is 2.08. The number of aromatic nitrogens is 1. The van der Waals surface area contributed by atoms with Gasteiger partial charge in [-0.05, 0) is 30.7 Å². The first-order valence-corrected chi connectivity index (χ1v) is 8.85. The quantitative estimate of drug-likeness (QED) is 0.424. The van der Waals surface area contributed by atoms with Crippen LogP contribution in [0.25, 0.3) is 17.4 Å². The molecule has 0 amide bonds. The summed E-state index contributed by atoms with van der Waals surface area (Å²) in [4.78, 5) is 16.1. The van der Waals surface area contributed by atoms with Crippen LogP contribution in [0, 0.1) is 0 Å². The summed E-state index contributed by atoms with van der Waals surface area (Å²) in [7, 11) is 1.58. The molecule has 0 bridgehead atoms. The van der Waals surface area contributed by atoms with Crippen molar-refractivity contribution in [1.29, 1.82) is 0 Å². The predicted octanol–water partition coefficient (Wildman–Crippen LogP) is 4.51. The van der Waals surface area contributed by atoms with E-state index in [-0.39, 0.29) is 6.61 Å². The van der Waals surface area contributed by atoms with Crippen LogP contribution in [-0.4, -0.2) is 24.7 Å². The number of hydrogen-bond acceptors (Lipinski definition) is 6. The van der Waals surface area contributed by atoms with Gasteiger partial charge in [-0.3, -0.25) is 0 Å². The molecule has 1 aromatic heterocycles. The number of nitrogens with zero attached hydrogens (tertiary/aromatic N) is 1. The van der Waals surface area contributed by atoms with E-state index in [1.807, 2.05) is 43.3 Å². The number of oxazole rings is 1. The molecular weight excluding hydrogens is 358 g/mol.